The summed E-state index contributed by atoms with van der Waals surface area (Å²) in [6, 6.07) is 13.4. The fraction of sp³-hybridized carbons (Fsp3) is 0.211. The number of aromatic nitrogens is 1. The van der Waals surface area contributed by atoms with Crippen molar-refractivity contribution in [1.29, 1.82) is 0 Å². The number of thiazole rings is 1. The molecule has 0 bridgehead atoms. The molecule has 6 nitrogen and oxygen atoms in total. The molecule has 140 valence electrons. The molecule has 0 spiro atoms. The number of rotatable bonds is 4. The molecule has 0 aliphatic rings. The van der Waals surface area contributed by atoms with Crippen LogP contribution in [-0.4, -0.2) is 22.0 Å². The average molecular weight is 400 g/mol. The number of amides is 1. The molecule has 0 saturated heterocycles. The summed E-state index contributed by atoms with van der Waals surface area (Å²) < 4.78 is 1.07. The Bertz CT molecular complexity index is 932. The Morgan fingerprint density at radius 1 is 1.11 bits per heavy atom. The highest BCUT2D eigenvalue weighted by molar-refractivity contribution is 7.80. The highest BCUT2D eigenvalue weighted by Crippen LogP contribution is 2.25. The zero-order chi connectivity index (χ0) is 19.4. The molecule has 8 heteroatoms. The Hall–Kier alpha value is -2.71. The van der Waals surface area contributed by atoms with Gasteiger partial charge in [-0.3, -0.25) is 15.6 Å². The van der Waals surface area contributed by atoms with Crippen molar-refractivity contribution >= 4 is 55.6 Å². The molecule has 0 saturated carbocycles. The van der Waals surface area contributed by atoms with E-state index in [1.807, 2.05) is 50.2 Å². The number of carbonyl (C=O) groups is 1. The molecule has 0 aliphatic heterocycles. The third-order valence-corrected chi connectivity index (χ3v) is 4.98. The van der Waals surface area contributed by atoms with E-state index in [2.05, 4.69) is 32.5 Å². The number of fused-ring (bicyclic) bond motifs is 1. The van der Waals surface area contributed by atoms with E-state index in [0.29, 0.717) is 10.2 Å². The Kier molecular flexibility index (Phi) is 5.88. The van der Waals surface area contributed by atoms with E-state index >= 15 is 0 Å². The van der Waals surface area contributed by atoms with Gasteiger partial charge in [0.25, 0.3) is 5.91 Å². The van der Waals surface area contributed by atoms with Gasteiger partial charge in [-0.15, -0.1) is 0 Å². The second-order valence-electron chi connectivity index (χ2n) is 6.30. The topological polar surface area (TPSA) is 78.1 Å². The van der Waals surface area contributed by atoms with Gasteiger partial charge in [-0.1, -0.05) is 29.5 Å². The molecule has 0 aliphatic carbocycles. The first-order valence-electron chi connectivity index (χ1n) is 8.48. The highest BCUT2D eigenvalue weighted by Gasteiger charge is 2.15. The van der Waals surface area contributed by atoms with Crippen LogP contribution >= 0.6 is 23.6 Å². The summed E-state index contributed by atoms with van der Waals surface area (Å²) in [5.41, 5.74) is 9.39. The average Bonchev–Trinajstić information content (AvgIpc) is 3.00. The minimum atomic E-state index is -0.470. The van der Waals surface area contributed by atoms with Crippen molar-refractivity contribution in [2.45, 2.75) is 26.8 Å². The van der Waals surface area contributed by atoms with Gasteiger partial charge in [0.2, 0.25) is 0 Å². The quantitative estimate of drug-likeness (QED) is 0.396. The molecule has 1 heterocycles. The van der Waals surface area contributed by atoms with Gasteiger partial charge in [-0.05, 0) is 68.4 Å². The first-order chi connectivity index (χ1) is 12.9. The number of aryl methyl sites for hydroxylation is 2. The first kappa shape index (κ1) is 19.1. The van der Waals surface area contributed by atoms with Crippen molar-refractivity contribution in [3.8, 4) is 0 Å². The molecule has 1 amide bonds. The van der Waals surface area contributed by atoms with Crippen molar-refractivity contribution in [3.05, 3.63) is 53.6 Å². The summed E-state index contributed by atoms with van der Waals surface area (Å²) in [4.78, 5) is 16.8. The normalized spacial score (nSPS) is 11.7. The summed E-state index contributed by atoms with van der Waals surface area (Å²) in [6.07, 6.45) is 0. The summed E-state index contributed by atoms with van der Waals surface area (Å²) in [5, 5.41) is 7.19. The zero-order valence-electron chi connectivity index (χ0n) is 15.3. The molecule has 0 radical (unpaired) electrons. The number of nitrogens with zero attached hydrogens (tertiary/aromatic N) is 1. The maximum Gasteiger partial charge on any atom is 0.260 e. The number of carbonyl (C=O) groups excluding carboxylic acids is 1. The minimum Gasteiger partial charge on any atom is -0.350 e. The predicted octanol–water partition coefficient (Wildman–Crippen LogP) is 3.73. The highest BCUT2D eigenvalue weighted by atomic mass is 32.1. The summed E-state index contributed by atoms with van der Waals surface area (Å²) >= 11 is 6.74. The van der Waals surface area contributed by atoms with Gasteiger partial charge in [-0.25, -0.2) is 4.98 Å². The van der Waals surface area contributed by atoms with Crippen LogP contribution in [-0.2, 0) is 4.79 Å². The SMILES string of the molecule is Cc1cc(C)cc(NC(=S)NNC(=O)[C@@H](C)Nc2nc3ccccc3s2)c1. The van der Waals surface area contributed by atoms with Crippen molar-refractivity contribution in [3.63, 3.8) is 0 Å². The molecule has 1 aromatic heterocycles. The molecule has 27 heavy (non-hydrogen) atoms. The Labute approximate surface area is 167 Å². The number of hydrogen-bond donors (Lipinski definition) is 4. The minimum absolute atomic E-state index is 0.237. The zero-order valence-corrected chi connectivity index (χ0v) is 16.9. The van der Waals surface area contributed by atoms with Crippen LogP contribution in [0.3, 0.4) is 0 Å². The number of hydrogen-bond acceptors (Lipinski definition) is 5. The molecule has 3 aromatic rings. The van der Waals surface area contributed by atoms with E-state index in [-0.39, 0.29) is 5.91 Å². The van der Waals surface area contributed by atoms with Crippen LogP contribution in [0, 0.1) is 13.8 Å². The van der Waals surface area contributed by atoms with Crippen LogP contribution in [0.1, 0.15) is 18.1 Å². The lowest BCUT2D eigenvalue weighted by atomic mass is 10.1. The number of benzene rings is 2. The first-order valence-corrected chi connectivity index (χ1v) is 9.70. The number of para-hydroxylation sites is 1. The number of anilines is 2. The maximum absolute atomic E-state index is 12.3. The number of nitrogens with one attached hydrogen (secondary N) is 4. The smallest absolute Gasteiger partial charge is 0.260 e. The third-order valence-electron chi connectivity index (χ3n) is 3.81. The van der Waals surface area contributed by atoms with Crippen molar-refractivity contribution < 1.29 is 4.79 Å². The van der Waals surface area contributed by atoms with Gasteiger partial charge in [-0.2, -0.15) is 0 Å². The Morgan fingerprint density at radius 2 is 1.81 bits per heavy atom. The van der Waals surface area contributed by atoms with Gasteiger partial charge in [0, 0.05) is 5.69 Å². The number of hydrazine groups is 1. The summed E-state index contributed by atoms with van der Waals surface area (Å²) in [6.45, 7) is 5.81. The maximum atomic E-state index is 12.3. The van der Waals surface area contributed by atoms with Crippen LogP contribution in [0.15, 0.2) is 42.5 Å². The van der Waals surface area contributed by atoms with E-state index in [9.17, 15) is 4.79 Å². The largest absolute Gasteiger partial charge is 0.350 e. The number of thiocarbonyl (C=S) groups is 1. The van der Waals surface area contributed by atoms with Gasteiger partial charge in [0.05, 0.1) is 10.2 Å². The second kappa shape index (κ2) is 8.32. The molecular weight excluding hydrogens is 378 g/mol. The summed E-state index contributed by atoms with van der Waals surface area (Å²) in [7, 11) is 0. The van der Waals surface area contributed by atoms with Crippen molar-refractivity contribution in [2.75, 3.05) is 10.6 Å². The van der Waals surface area contributed by atoms with Crippen molar-refractivity contribution in [1.82, 2.24) is 15.8 Å². The van der Waals surface area contributed by atoms with Gasteiger partial charge < -0.3 is 10.6 Å². The van der Waals surface area contributed by atoms with Gasteiger partial charge in [0.15, 0.2) is 10.2 Å². The molecule has 3 rings (SSSR count). The lowest BCUT2D eigenvalue weighted by Gasteiger charge is -2.16. The lowest BCUT2D eigenvalue weighted by molar-refractivity contribution is -0.122. The standard InChI is InChI=1S/C19H21N5OS2/c1-11-8-12(2)10-14(9-11)21-18(26)24-23-17(25)13(3)20-19-22-15-6-4-5-7-16(15)27-19/h4-10,13H,1-3H3,(H,20,22)(H,23,25)(H2,21,24,26)/t13-/m1/s1. The molecule has 2 aromatic carbocycles. The monoisotopic (exact) mass is 399 g/mol. The lowest BCUT2D eigenvalue weighted by Crippen LogP contribution is -2.49. The van der Waals surface area contributed by atoms with Crippen LogP contribution in [0.4, 0.5) is 10.8 Å². The second-order valence-corrected chi connectivity index (χ2v) is 7.74. The van der Waals surface area contributed by atoms with Crippen molar-refractivity contribution in [2.24, 2.45) is 0 Å². The van der Waals surface area contributed by atoms with Crippen LogP contribution in [0.5, 0.6) is 0 Å². The van der Waals surface area contributed by atoms with E-state index in [0.717, 1.165) is 27.0 Å². The predicted molar refractivity (Wildman–Crippen MR) is 116 cm³/mol. The molecule has 0 fully saturated rings. The van der Waals surface area contributed by atoms with Crippen LogP contribution in [0.2, 0.25) is 0 Å². The fourth-order valence-electron chi connectivity index (χ4n) is 2.62. The van der Waals surface area contributed by atoms with Gasteiger partial charge >= 0.3 is 0 Å². The van der Waals surface area contributed by atoms with Gasteiger partial charge in [0.1, 0.15) is 6.04 Å². The molecule has 4 N–H and O–H groups in total. The van der Waals surface area contributed by atoms with Crippen LogP contribution < -0.4 is 21.5 Å². The van der Waals surface area contributed by atoms with E-state index in [1.54, 1.807) is 6.92 Å². The Balaban J connectivity index is 1.51. The van der Waals surface area contributed by atoms with E-state index in [4.69, 9.17) is 12.2 Å². The third kappa shape index (κ3) is 5.15. The Morgan fingerprint density at radius 3 is 2.52 bits per heavy atom. The molecular formula is C19H21N5OS2. The van der Waals surface area contributed by atoms with Crippen LogP contribution in [0.25, 0.3) is 10.2 Å². The molecule has 0 unspecified atom stereocenters. The van der Waals surface area contributed by atoms with E-state index < -0.39 is 6.04 Å². The summed E-state index contributed by atoms with van der Waals surface area (Å²) in [5.74, 6) is -0.237. The molecule has 1 atom stereocenters. The van der Waals surface area contributed by atoms with E-state index in [1.165, 1.54) is 11.3 Å². The fourth-order valence-corrected chi connectivity index (χ4v) is 3.74.